The molecule has 0 aromatic carbocycles. The lowest BCUT2D eigenvalue weighted by Gasteiger charge is -2.42. The summed E-state index contributed by atoms with van der Waals surface area (Å²) in [5, 5.41) is 0. The number of likely N-dealkylation sites (tertiary alicyclic amines) is 2. The summed E-state index contributed by atoms with van der Waals surface area (Å²) in [4.78, 5) is 28.8. The van der Waals surface area contributed by atoms with Gasteiger partial charge in [0.2, 0.25) is 11.8 Å². The van der Waals surface area contributed by atoms with E-state index in [-0.39, 0.29) is 29.1 Å². The van der Waals surface area contributed by atoms with E-state index in [1.807, 2.05) is 23.6 Å². The van der Waals surface area contributed by atoms with E-state index in [9.17, 15) is 9.59 Å². The summed E-state index contributed by atoms with van der Waals surface area (Å²) in [7, 11) is 3.30. The van der Waals surface area contributed by atoms with Crippen molar-refractivity contribution in [2.75, 3.05) is 53.6 Å². The van der Waals surface area contributed by atoms with Crippen molar-refractivity contribution in [1.82, 2.24) is 9.80 Å². The zero-order valence-electron chi connectivity index (χ0n) is 14.8. The quantitative estimate of drug-likeness (QED) is 0.731. The number of ether oxygens (including phenoxy) is 2. The van der Waals surface area contributed by atoms with Crippen LogP contribution in [0, 0.1) is 17.3 Å². The van der Waals surface area contributed by atoms with Gasteiger partial charge in [0.25, 0.3) is 0 Å². The van der Waals surface area contributed by atoms with Crippen LogP contribution in [-0.2, 0) is 19.1 Å². The number of hydrogen-bond donors (Lipinski definition) is 0. The molecule has 0 saturated carbocycles. The Morgan fingerprint density at radius 1 is 1.26 bits per heavy atom. The molecular formula is C17H30N2O4. The number of hydrogen-bond acceptors (Lipinski definition) is 4. The molecule has 0 aliphatic carbocycles. The summed E-state index contributed by atoms with van der Waals surface area (Å²) in [6, 6.07) is 0. The fourth-order valence-corrected chi connectivity index (χ4v) is 3.90. The maximum Gasteiger partial charge on any atom is 0.228 e. The summed E-state index contributed by atoms with van der Waals surface area (Å²) in [6.45, 7) is 7.75. The molecule has 0 aromatic rings. The number of carbonyl (C=O) groups excluding carboxylic acids is 2. The van der Waals surface area contributed by atoms with Gasteiger partial charge in [-0.1, -0.05) is 13.8 Å². The van der Waals surface area contributed by atoms with Crippen LogP contribution in [0.5, 0.6) is 0 Å². The summed E-state index contributed by atoms with van der Waals surface area (Å²) < 4.78 is 10.4. The summed E-state index contributed by atoms with van der Waals surface area (Å²) in [5.74, 6) is 0.319. The lowest BCUT2D eigenvalue weighted by Crippen LogP contribution is -2.48. The highest BCUT2D eigenvalue weighted by atomic mass is 16.5. The van der Waals surface area contributed by atoms with E-state index in [0.29, 0.717) is 19.8 Å². The van der Waals surface area contributed by atoms with Crippen LogP contribution in [0.15, 0.2) is 0 Å². The van der Waals surface area contributed by atoms with Crippen LogP contribution in [0.3, 0.4) is 0 Å². The Kier molecular flexibility index (Phi) is 6.03. The second-order valence-electron chi connectivity index (χ2n) is 7.10. The molecule has 0 radical (unpaired) electrons. The molecule has 2 rings (SSSR count). The van der Waals surface area contributed by atoms with E-state index in [1.165, 1.54) is 0 Å². The van der Waals surface area contributed by atoms with Crippen LogP contribution < -0.4 is 0 Å². The Morgan fingerprint density at radius 2 is 1.91 bits per heavy atom. The van der Waals surface area contributed by atoms with Crippen LogP contribution in [0.25, 0.3) is 0 Å². The molecule has 1 spiro atoms. The van der Waals surface area contributed by atoms with Gasteiger partial charge >= 0.3 is 0 Å². The van der Waals surface area contributed by atoms with Gasteiger partial charge in [0, 0.05) is 51.7 Å². The van der Waals surface area contributed by atoms with Gasteiger partial charge in [-0.05, 0) is 12.8 Å². The predicted molar refractivity (Wildman–Crippen MR) is 86.9 cm³/mol. The Labute approximate surface area is 139 Å². The summed E-state index contributed by atoms with van der Waals surface area (Å²) in [6.07, 6.45) is 1.74. The lowest BCUT2D eigenvalue weighted by molar-refractivity contribution is -0.138. The molecule has 0 bridgehead atoms. The average molecular weight is 326 g/mol. The van der Waals surface area contributed by atoms with Crippen molar-refractivity contribution in [2.45, 2.75) is 26.7 Å². The molecule has 1 unspecified atom stereocenters. The standard InChI is InChI=1S/C17H30N2O4/c1-13(2)15(20)18-7-5-17(6-8-18)12-19(9-10-22-3)16(21)14(17)11-23-4/h13-14H,5-12H2,1-4H3. The van der Waals surface area contributed by atoms with Crippen molar-refractivity contribution in [3.8, 4) is 0 Å². The largest absolute Gasteiger partial charge is 0.384 e. The predicted octanol–water partition coefficient (Wildman–Crippen LogP) is 1.00. The van der Waals surface area contributed by atoms with Crippen molar-refractivity contribution >= 4 is 11.8 Å². The minimum Gasteiger partial charge on any atom is -0.384 e. The minimum atomic E-state index is -0.0966. The molecule has 2 aliphatic heterocycles. The number of rotatable bonds is 6. The second-order valence-corrected chi connectivity index (χ2v) is 7.10. The van der Waals surface area contributed by atoms with Gasteiger partial charge in [0.15, 0.2) is 0 Å². The molecule has 6 heteroatoms. The van der Waals surface area contributed by atoms with Gasteiger partial charge in [-0.3, -0.25) is 9.59 Å². The molecule has 2 aliphatic rings. The summed E-state index contributed by atoms with van der Waals surface area (Å²) in [5.41, 5.74) is -0.0609. The maximum atomic E-state index is 12.7. The van der Waals surface area contributed by atoms with Gasteiger partial charge in [0.1, 0.15) is 0 Å². The molecule has 1 atom stereocenters. The van der Waals surface area contributed by atoms with Gasteiger partial charge in [0.05, 0.1) is 19.1 Å². The van der Waals surface area contributed by atoms with Gasteiger partial charge in [-0.2, -0.15) is 0 Å². The average Bonchev–Trinajstić information content (AvgIpc) is 2.79. The molecular weight excluding hydrogens is 296 g/mol. The van der Waals surface area contributed by atoms with E-state index in [1.54, 1.807) is 14.2 Å². The SMILES string of the molecule is COCCN1CC2(CCN(C(=O)C(C)C)CC2)C(COC)C1=O. The lowest BCUT2D eigenvalue weighted by atomic mass is 9.71. The maximum absolute atomic E-state index is 12.7. The van der Waals surface area contributed by atoms with E-state index in [2.05, 4.69) is 0 Å². The first-order chi connectivity index (χ1) is 10.9. The third-order valence-electron chi connectivity index (χ3n) is 5.32. The number of nitrogens with zero attached hydrogens (tertiary/aromatic N) is 2. The van der Waals surface area contributed by atoms with Gasteiger partial charge < -0.3 is 19.3 Å². The molecule has 2 saturated heterocycles. The highest BCUT2D eigenvalue weighted by molar-refractivity contribution is 5.83. The van der Waals surface area contributed by atoms with Crippen molar-refractivity contribution in [1.29, 1.82) is 0 Å². The first-order valence-corrected chi connectivity index (χ1v) is 8.50. The van der Waals surface area contributed by atoms with E-state index >= 15 is 0 Å². The van der Waals surface area contributed by atoms with Crippen molar-refractivity contribution in [2.24, 2.45) is 17.3 Å². The first-order valence-electron chi connectivity index (χ1n) is 8.50. The zero-order chi connectivity index (χ0) is 17.0. The molecule has 2 amide bonds. The van der Waals surface area contributed by atoms with Crippen LogP contribution in [-0.4, -0.2) is 75.2 Å². The monoisotopic (exact) mass is 326 g/mol. The number of piperidine rings is 1. The first kappa shape index (κ1) is 18.2. The highest BCUT2D eigenvalue weighted by Crippen LogP contribution is 2.45. The Balaban J connectivity index is 2.07. The second kappa shape index (κ2) is 7.62. The van der Waals surface area contributed by atoms with Crippen molar-refractivity contribution < 1.29 is 19.1 Å². The van der Waals surface area contributed by atoms with Crippen molar-refractivity contribution in [3.63, 3.8) is 0 Å². The van der Waals surface area contributed by atoms with E-state index < -0.39 is 0 Å². The molecule has 23 heavy (non-hydrogen) atoms. The van der Waals surface area contributed by atoms with Crippen LogP contribution in [0.1, 0.15) is 26.7 Å². The number of carbonyl (C=O) groups is 2. The third-order valence-corrected chi connectivity index (χ3v) is 5.32. The Morgan fingerprint density at radius 3 is 2.43 bits per heavy atom. The molecule has 2 heterocycles. The van der Waals surface area contributed by atoms with Gasteiger partial charge in [-0.25, -0.2) is 0 Å². The smallest absolute Gasteiger partial charge is 0.228 e. The van der Waals surface area contributed by atoms with Crippen LogP contribution >= 0.6 is 0 Å². The zero-order valence-corrected chi connectivity index (χ0v) is 14.8. The topological polar surface area (TPSA) is 59.1 Å². The van der Waals surface area contributed by atoms with Crippen LogP contribution in [0.4, 0.5) is 0 Å². The molecule has 6 nitrogen and oxygen atoms in total. The molecule has 2 fully saturated rings. The van der Waals surface area contributed by atoms with Crippen LogP contribution in [0.2, 0.25) is 0 Å². The van der Waals surface area contributed by atoms with E-state index in [0.717, 1.165) is 32.5 Å². The number of methoxy groups -OCH3 is 2. The molecule has 132 valence electrons. The third kappa shape index (κ3) is 3.69. The fraction of sp³-hybridized carbons (Fsp3) is 0.882. The Hall–Kier alpha value is -1.14. The molecule has 0 aromatic heterocycles. The van der Waals surface area contributed by atoms with E-state index in [4.69, 9.17) is 9.47 Å². The Bertz CT molecular complexity index is 430. The highest BCUT2D eigenvalue weighted by Gasteiger charge is 2.53. The fourth-order valence-electron chi connectivity index (χ4n) is 3.90. The number of amides is 2. The van der Waals surface area contributed by atoms with Crippen molar-refractivity contribution in [3.05, 3.63) is 0 Å². The molecule has 0 N–H and O–H groups in total. The minimum absolute atomic E-state index is 0.0298. The summed E-state index contributed by atoms with van der Waals surface area (Å²) >= 11 is 0. The van der Waals surface area contributed by atoms with Gasteiger partial charge in [-0.15, -0.1) is 0 Å². The normalized spacial score (nSPS) is 24.0.